The number of aromatic nitrogens is 2. The Balaban J connectivity index is 1.63. The molecule has 1 saturated heterocycles. The quantitative estimate of drug-likeness (QED) is 0.841. The van der Waals surface area contributed by atoms with Crippen molar-refractivity contribution in [1.29, 1.82) is 0 Å². The van der Waals surface area contributed by atoms with Crippen LogP contribution < -0.4 is 10.6 Å². The van der Waals surface area contributed by atoms with Crippen LogP contribution in [0.4, 0.5) is 11.8 Å². The van der Waals surface area contributed by atoms with E-state index < -0.39 is 0 Å². The molecule has 0 amide bonds. The van der Waals surface area contributed by atoms with Crippen LogP contribution in [0.15, 0.2) is 10.7 Å². The molecule has 2 fully saturated rings. The molecule has 19 heavy (non-hydrogen) atoms. The number of hydrogen-bond acceptors (Lipinski definition) is 5. The molecule has 0 aromatic carbocycles. The summed E-state index contributed by atoms with van der Waals surface area (Å²) in [6.45, 7) is 4.21. The third-order valence-electron chi connectivity index (χ3n) is 4.14. The van der Waals surface area contributed by atoms with E-state index in [1.165, 1.54) is 25.7 Å². The van der Waals surface area contributed by atoms with E-state index in [-0.39, 0.29) is 0 Å². The Hall–Kier alpha value is -0.880. The lowest BCUT2D eigenvalue weighted by molar-refractivity contribution is 0.187. The van der Waals surface area contributed by atoms with Crippen LogP contribution in [0, 0.1) is 0 Å². The monoisotopic (exact) mass is 325 g/mol. The van der Waals surface area contributed by atoms with E-state index in [9.17, 15) is 0 Å². The van der Waals surface area contributed by atoms with Gasteiger partial charge in [-0.05, 0) is 28.8 Å². The van der Waals surface area contributed by atoms with Gasteiger partial charge in [0.25, 0.3) is 0 Å². The summed E-state index contributed by atoms with van der Waals surface area (Å²) in [6, 6.07) is 2.55. The van der Waals surface area contributed by atoms with Crippen molar-refractivity contribution < 1.29 is 0 Å². The summed E-state index contributed by atoms with van der Waals surface area (Å²) >= 11 is 3.38. The van der Waals surface area contributed by atoms with E-state index in [4.69, 9.17) is 5.73 Å². The van der Waals surface area contributed by atoms with Gasteiger partial charge in [0, 0.05) is 38.3 Å². The molecule has 5 nitrogen and oxygen atoms in total. The molecule has 0 radical (unpaired) electrons. The summed E-state index contributed by atoms with van der Waals surface area (Å²) in [5.74, 6) is 1.27. The molecule has 6 heteroatoms. The Kier molecular flexibility index (Phi) is 3.88. The van der Waals surface area contributed by atoms with Crippen LogP contribution in [0.2, 0.25) is 0 Å². The summed E-state index contributed by atoms with van der Waals surface area (Å²) in [7, 11) is 0. The lowest BCUT2D eigenvalue weighted by Gasteiger charge is -2.38. The maximum Gasteiger partial charge on any atom is 0.228 e. The molecular formula is C13H20BrN5. The highest BCUT2D eigenvalue weighted by atomic mass is 79.9. The Morgan fingerprint density at radius 3 is 2.42 bits per heavy atom. The first kappa shape index (κ1) is 13.1. The smallest absolute Gasteiger partial charge is 0.228 e. The molecule has 1 aromatic heterocycles. The van der Waals surface area contributed by atoms with Crippen LogP contribution in [-0.4, -0.2) is 47.1 Å². The van der Waals surface area contributed by atoms with E-state index >= 15 is 0 Å². The molecule has 2 heterocycles. The zero-order valence-electron chi connectivity index (χ0n) is 11.1. The van der Waals surface area contributed by atoms with E-state index in [0.29, 0.717) is 5.82 Å². The van der Waals surface area contributed by atoms with Crippen LogP contribution in [0.5, 0.6) is 0 Å². The van der Waals surface area contributed by atoms with Crippen molar-refractivity contribution in [3.05, 3.63) is 10.7 Å². The second kappa shape index (κ2) is 5.63. The SMILES string of the molecule is Nc1cc(Br)nc(N2CCN(C3CCCC3)CC2)n1. The first-order valence-electron chi connectivity index (χ1n) is 7.01. The Morgan fingerprint density at radius 2 is 1.79 bits per heavy atom. The first-order valence-corrected chi connectivity index (χ1v) is 7.81. The third-order valence-corrected chi connectivity index (χ3v) is 4.55. The van der Waals surface area contributed by atoms with Gasteiger partial charge in [-0.2, -0.15) is 4.98 Å². The fourth-order valence-electron chi connectivity index (χ4n) is 3.12. The van der Waals surface area contributed by atoms with Gasteiger partial charge in [-0.15, -0.1) is 0 Å². The predicted molar refractivity (Wildman–Crippen MR) is 80.2 cm³/mol. The molecule has 0 unspecified atom stereocenters. The summed E-state index contributed by atoms with van der Waals surface area (Å²) in [6.07, 6.45) is 5.55. The number of piperazine rings is 1. The fourth-order valence-corrected chi connectivity index (χ4v) is 3.51. The van der Waals surface area contributed by atoms with Crippen molar-refractivity contribution in [3.63, 3.8) is 0 Å². The van der Waals surface area contributed by atoms with Crippen LogP contribution in [0.3, 0.4) is 0 Å². The van der Waals surface area contributed by atoms with E-state index in [1.54, 1.807) is 6.07 Å². The van der Waals surface area contributed by atoms with E-state index in [1.807, 2.05) is 0 Å². The standard InChI is InChI=1S/C13H20BrN5/c14-11-9-12(15)17-13(16-11)19-7-5-18(6-8-19)10-3-1-2-4-10/h9-10H,1-8H2,(H2,15,16,17). The number of anilines is 2. The number of halogens is 1. The first-order chi connectivity index (χ1) is 9.22. The maximum atomic E-state index is 5.77. The van der Waals surface area contributed by atoms with Gasteiger partial charge in [-0.1, -0.05) is 12.8 Å². The number of nitrogens with two attached hydrogens (primary N) is 1. The molecule has 104 valence electrons. The average Bonchev–Trinajstić information content (AvgIpc) is 2.91. The Bertz CT molecular complexity index is 418. The highest BCUT2D eigenvalue weighted by Gasteiger charge is 2.27. The largest absolute Gasteiger partial charge is 0.383 e. The van der Waals surface area contributed by atoms with Gasteiger partial charge in [-0.25, -0.2) is 4.98 Å². The van der Waals surface area contributed by atoms with Crippen LogP contribution in [0.1, 0.15) is 25.7 Å². The van der Waals surface area contributed by atoms with Crippen molar-refractivity contribution in [2.24, 2.45) is 0 Å². The summed E-state index contributed by atoms with van der Waals surface area (Å²) in [5.41, 5.74) is 5.77. The Labute approximate surface area is 122 Å². The number of nitrogen functional groups attached to an aromatic ring is 1. The minimum Gasteiger partial charge on any atom is -0.383 e. The number of nitrogens with zero attached hydrogens (tertiary/aromatic N) is 4. The van der Waals surface area contributed by atoms with Crippen LogP contribution >= 0.6 is 15.9 Å². The molecule has 1 saturated carbocycles. The fraction of sp³-hybridized carbons (Fsp3) is 0.692. The van der Waals surface area contributed by atoms with E-state index in [0.717, 1.165) is 42.8 Å². The minimum atomic E-state index is 0.523. The Morgan fingerprint density at radius 1 is 1.11 bits per heavy atom. The lowest BCUT2D eigenvalue weighted by Crippen LogP contribution is -2.50. The van der Waals surface area contributed by atoms with Crippen molar-refractivity contribution in [2.45, 2.75) is 31.7 Å². The lowest BCUT2D eigenvalue weighted by atomic mass is 10.2. The molecule has 2 N–H and O–H groups in total. The van der Waals surface area contributed by atoms with Gasteiger partial charge in [-0.3, -0.25) is 4.90 Å². The molecule has 0 spiro atoms. The molecule has 3 rings (SSSR count). The van der Waals surface area contributed by atoms with Crippen molar-refractivity contribution in [3.8, 4) is 0 Å². The number of hydrogen-bond donors (Lipinski definition) is 1. The zero-order chi connectivity index (χ0) is 13.2. The van der Waals surface area contributed by atoms with Gasteiger partial charge in [0.05, 0.1) is 0 Å². The molecule has 1 aliphatic carbocycles. The second-order valence-electron chi connectivity index (χ2n) is 5.38. The van der Waals surface area contributed by atoms with Gasteiger partial charge in [0.1, 0.15) is 10.4 Å². The molecule has 0 atom stereocenters. The van der Waals surface area contributed by atoms with Crippen LogP contribution in [0.25, 0.3) is 0 Å². The van der Waals surface area contributed by atoms with Gasteiger partial charge in [0.2, 0.25) is 5.95 Å². The predicted octanol–water partition coefficient (Wildman–Crippen LogP) is 1.89. The maximum absolute atomic E-state index is 5.77. The summed E-state index contributed by atoms with van der Waals surface area (Å²) in [5, 5.41) is 0. The topological polar surface area (TPSA) is 58.3 Å². The van der Waals surface area contributed by atoms with Gasteiger partial charge < -0.3 is 10.6 Å². The van der Waals surface area contributed by atoms with E-state index in [2.05, 4.69) is 35.7 Å². The summed E-state index contributed by atoms with van der Waals surface area (Å²) < 4.78 is 0.758. The normalized spacial score (nSPS) is 22.1. The minimum absolute atomic E-state index is 0.523. The highest BCUT2D eigenvalue weighted by molar-refractivity contribution is 9.10. The zero-order valence-corrected chi connectivity index (χ0v) is 12.6. The number of rotatable bonds is 2. The highest BCUT2D eigenvalue weighted by Crippen LogP contribution is 2.25. The third kappa shape index (κ3) is 3.00. The van der Waals surface area contributed by atoms with Gasteiger partial charge >= 0.3 is 0 Å². The molecular weight excluding hydrogens is 306 g/mol. The second-order valence-corrected chi connectivity index (χ2v) is 6.19. The molecule has 2 aliphatic rings. The van der Waals surface area contributed by atoms with Crippen molar-refractivity contribution >= 4 is 27.7 Å². The average molecular weight is 326 g/mol. The molecule has 0 bridgehead atoms. The molecule has 1 aromatic rings. The molecule has 1 aliphatic heterocycles. The van der Waals surface area contributed by atoms with Gasteiger partial charge in [0.15, 0.2) is 0 Å². The van der Waals surface area contributed by atoms with Crippen molar-refractivity contribution in [2.75, 3.05) is 36.8 Å². The summed E-state index contributed by atoms with van der Waals surface area (Å²) in [4.78, 5) is 13.6. The van der Waals surface area contributed by atoms with Crippen LogP contribution in [-0.2, 0) is 0 Å². The van der Waals surface area contributed by atoms with Crippen molar-refractivity contribution in [1.82, 2.24) is 14.9 Å².